The van der Waals surface area contributed by atoms with E-state index in [9.17, 15) is 14.7 Å². The molecular formula is C11H11N3O3. The van der Waals surface area contributed by atoms with Crippen molar-refractivity contribution in [1.82, 2.24) is 9.55 Å². The van der Waals surface area contributed by atoms with Crippen LogP contribution in [0.3, 0.4) is 0 Å². The molecule has 6 nitrogen and oxygen atoms in total. The third kappa shape index (κ3) is 1.96. The average Bonchev–Trinajstić information content (AvgIpc) is 2.77. The molecule has 0 bridgehead atoms. The summed E-state index contributed by atoms with van der Waals surface area (Å²) < 4.78 is 1.08. The van der Waals surface area contributed by atoms with Crippen LogP contribution < -0.4 is 11.2 Å². The first-order valence-corrected chi connectivity index (χ1v) is 5.12. The van der Waals surface area contributed by atoms with Gasteiger partial charge in [-0.05, 0) is 25.2 Å². The minimum atomic E-state index is -0.625. The Morgan fingerprint density at radius 1 is 1.53 bits per heavy atom. The Morgan fingerprint density at radius 3 is 2.88 bits per heavy atom. The van der Waals surface area contributed by atoms with Crippen LogP contribution >= 0.6 is 0 Å². The van der Waals surface area contributed by atoms with Crippen LogP contribution in [0.2, 0.25) is 0 Å². The summed E-state index contributed by atoms with van der Waals surface area (Å²) in [5.41, 5.74) is -0.667. The Morgan fingerprint density at radius 2 is 2.29 bits per heavy atom. The number of aliphatic imine (C=N–C) groups is 1. The second kappa shape index (κ2) is 4.25. The highest BCUT2D eigenvalue weighted by molar-refractivity contribution is 5.79. The lowest BCUT2D eigenvalue weighted by Crippen LogP contribution is -2.30. The molecule has 1 aliphatic heterocycles. The van der Waals surface area contributed by atoms with Gasteiger partial charge in [0.1, 0.15) is 5.56 Å². The highest BCUT2D eigenvalue weighted by atomic mass is 16.3. The Hall–Kier alpha value is -2.37. The molecule has 0 saturated carbocycles. The predicted octanol–water partition coefficient (Wildman–Crippen LogP) is 0.244. The number of hydrogen-bond acceptors (Lipinski definition) is 4. The predicted molar refractivity (Wildman–Crippen MR) is 64.3 cm³/mol. The van der Waals surface area contributed by atoms with E-state index < -0.39 is 11.2 Å². The molecule has 0 saturated heterocycles. The number of aromatic amines is 1. The zero-order valence-corrected chi connectivity index (χ0v) is 9.17. The molecule has 6 heteroatoms. The van der Waals surface area contributed by atoms with Gasteiger partial charge in [-0.1, -0.05) is 0 Å². The quantitative estimate of drug-likeness (QED) is 0.767. The fourth-order valence-corrected chi connectivity index (χ4v) is 1.55. The van der Waals surface area contributed by atoms with Gasteiger partial charge in [-0.25, -0.2) is 4.79 Å². The molecule has 88 valence electrons. The molecule has 2 heterocycles. The number of nitrogens with zero attached hydrogens (tertiary/aromatic N) is 2. The SMILES string of the molecule is CCn1c(O)c(/C=C2/C=CC=N2)c(=O)[nH]c1=O. The molecule has 0 amide bonds. The number of allylic oxidation sites excluding steroid dienone is 2. The molecule has 2 N–H and O–H groups in total. The number of nitrogens with one attached hydrogen (secondary N) is 1. The van der Waals surface area contributed by atoms with Crippen molar-refractivity contribution in [3.63, 3.8) is 0 Å². The van der Waals surface area contributed by atoms with Crippen molar-refractivity contribution in [3.8, 4) is 5.88 Å². The molecular weight excluding hydrogens is 222 g/mol. The van der Waals surface area contributed by atoms with E-state index >= 15 is 0 Å². The normalized spacial score (nSPS) is 15.9. The minimum Gasteiger partial charge on any atom is -0.494 e. The summed E-state index contributed by atoms with van der Waals surface area (Å²) in [6, 6.07) is 0. The Bertz CT molecular complexity index is 633. The number of rotatable bonds is 2. The molecule has 0 radical (unpaired) electrons. The summed E-state index contributed by atoms with van der Waals surface area (Å²) in [6.07, 6.45) is 6.42. The maximum atomic E-state index is 11.6. The van der Waals surface area contributed by atoms with Gasteiger partial charge in [-0.3, -0.25) is 19.3 Å². The van der Waals surface area contributed by atoms with E-state index in [-0.39, 0.29) is 18.0 Å². The van der Waals surface area contributed by atoms with Gasteiger partial charge >= 0.3 is 5.69 Å². The van der Waals surface area contributed by atoms with E-state index in [0.29, 0.717) is 5.70 Å². The van der Waals surface area contributed by atoms with Crippen molar-refractivity contribution in [2.24, 2.45) is 4.99 Å². The van der Waals surface area contributed by atoms with Crippen LogP contribution in [0.1, 0.15) is 12.5 Å². The second-order valence-electron chi connectivity index (χ2n) is 3.45. The molecule has 0 spiro atoms. The van der Waals surface area contributed by atoms with Crippen molar-refractivity contribution in [2.45, 2.75) is 13.5 Å². The van der Waals surface area contributed by atoms with Gasteiger partial charge in [-0.15, -0.1) is 0 Å². The average molecular weight is 233 g/mol. The second-order valence-corrected chi connectivity index (χ2v) is 3.45. The molecule has 1 aromatic heterocycles. The van der Waals surface area contributed by atoms with Gasteiger partial charge in [0.2, 0.25) is 5.88 Å². The lowest BCUT2D eigenvalue weighted by Gasteiger charge is -2.06. The highest BCUT2D eigenvalue weighted by Crippen LogP contribution is 2.16. The number of aromatic nitrogens is 2. The largest absolute Gasteiger partial charge is 0.494 e. The molecule has 0 aliphatic carbocycles. The smallest absolute Gasteiger partial charge is 0.331 e. The van der Waals surface area contributed by atoms with Crippen LogP contribution in [-0.4, -0.2) is 20.9 Å². The van der Waals surface area contributed by atoms with Crippen LogP contribution in [0, 0.1) is 0 Å². The molecule has 0 fully saturated rings. The van der Waals surface area contributed by atoms with Crippen molar-refractivity contribution < 1.29 is 5.11 Å². The fourth-order valence-electron chi connectivity index (χ4n) is 1.55. The van der Waals surface area contributed by atoms with Gasteiger partial charge < -0.3 is 5.11 Å². The van der Waals surface area contributed by atoms with Crippen molar-refractivity contribution in [1.29, 1.82) is 0 Å². The summed E-state index contributed by atoms with van der Waals surface area (Å²) in [7, 11) is 0. The van der Waals surface area contributed by atoms with Crippen molar-refractivity contribution >= 4 is 12.3 Å². The number of aromatic hydroxyl groups is 1. The topological polar surface area (TPSA) is 87.4 Å². The van der Waals surface area contributed by atoms with E-state index in [1.54, 1.807) is 25.3 Å². The van der Waals surface area contributed by atoms with Crippen LogP contribution in [0.15, 0.2) is 32.4 Å². The molecule has 0 unspecified atom stereocenters. The van der Waals surface area contributed by atoms with E-state index in [4.69, 9.17) is 0 Å². The lowest BCUT2D eigenvalue weighted by molar-refractivity contribution is 0.404. The van der Waals surface area contributed by atoms with Gasteiger partial charge in [0.05, 0.1) is 5.70 Å². The van der Waals surface area contributed by atoms with Gasteiger partial charge in [0.15, 0.2) is 0 Å². The van der Waals surface area contributed by atoms with Crippen molar-refractivity contribution in [2.75, 3.05) is 0 Å². The fraction of sp³-hybridized carbons (Fsp3) is 0.182. The molecule has 1 aliphatic rings. The number of hydrogen-bond donors (Lipinski definition) is 2. The monoisotopic (exact) mass is 233 g/mol. The molecule has 1 aromatic rings. The first-order valence-electron chi connectivity index (χ1n) is 5.12. The van der Waals surface area contributed by atoms with Crippen molar-refractivity contribution in [3.05, 3.63) is 44.3 Å². The van der Waals surface area contributed by atoms with Crippen LogP contribution in [0.4, 0.5) is 0 Å². The minimum absolute atomic E-state index is 0.0325. The zero-order chi connectivity index (χ0) is 12.4. The Balaban J connectivity index is 2.66. The first kappa shape index (κ1) is 11.1. The summed E-state index contributed by atoms with van der Waals surface area (Å²) in [5, 5.41) is 9.83. The van der Waals surface area contributed by atoms with Gasteiger partial charge in [0.25, 0.3) is 5.56 Å². The summed E-state index contributed by atoms with van der Waals surface area (Å²) in [4.78, 5) is 29.0. The maximum Gasteiger partial charge on any atom is 0.331 e. The van der Waals surface area contributed by atoms with Gasteiger partial charge in [0, 0.05) is 12.8 Å². The van der Waals surface area contributed by atoms with Crippen LogP contribution in [0.5, 0.6) is 5.88 Å². The Kier molecular flexibility index (Phi) is 2.78. The highest BCUT2D eigenvalue weighted by Gasteiger charge is 2.11. The third-order valence-corrected chi connectivity index (χ3v) is 2.39. The molecule has 17 heavy (non-hydrogen) atoms. The van der Waals surface area contributed by atoms with E-state index in [0.717, 1.165) is 4.57 Å². The molecule has 0 atom stereocenters. The summed E-state index contributed by atoms with van der Waals surface area (Å²) in [5.74, 6) is -0.343. The third-order valence-electron chi connectivity index (χ3n) is 2.39. The summed E-state index contributed by atoms with van der Waals surface area (Å²) in [6.45, 7) is 1.97. The van der Waals surface area contributed by atoms with E-state index in [1.165, 1.54) is 6.08 Å². The molecule has 0 aromatic carbocycles. The van der Waals surface area contributed by atoms with E-state index in [1.807, 2.05) is 0 Å². The number of H-pyrrole nitrogens is 1. The van der Waals surface area contributed by atoms with Crippen LogP contribution in [-0.2, 0) is 6.54 Å². The lowest BCUT2D eigenvalue weighted by atomic mass is 10.2. The molecule has 2 rings (SSSR count). The Labute approximate surface area is 96.3 Å². The van der Waals surface area contributed by atoms with E-state index in [2.05, 4.69) is 9.98 Å². The summed E-state index contributed by atoms with van der Waals surface area (Å²) >= 11 is 0. The standard InChI is InChI=1S/C11H11N3O3/c1-2-14-10(16)8(9(15)13-11(14)17)6-7-4-3-5-12-7/h3-6,16H,2H2,1H3,(H,13,15,17)/b7-6-. The van der Waals surface area contributed by atoms with Gasteiger partial charge in [-0.2, -0.15) is 0 Å². The van der Waals surface area contributed by atoms with Crippen LogP contribution in [0.25, 0.3) is 6.08 Å². The first-order chi connectivity index (χ1) is 8.13. The zero-order valence-electron chi connectivity index (χ0n) is 9.17. The maximum absolute atomic E-state index is 11.6.